The van der Waals surface area contributed by atoms with Crippen molar-refractivity contribution in [1.29, 1.82) is 5.26 Å². The SMILES string of the molecule is N#CC1C=Nc2ccccc2C1C(Cl)(Cl)Cl. The van der Waals surface area contributed by atoms with Crippen LogP contribution in [0.1, 0.15) is 11.5 Å². The fourth-order valence-corrected chi connectivity index (χ4v) is 2.56. The van der Waals surface area contributed by atoms with Gasteiger partial charge in [0.2, 0.25) is 0 Å². The average molecular weight is 274 g/mol. The molecule has 5 heteroatoms. The van der Waals surface area contributed by atoms with Gasteiger partial charge in [0, 0.05) is 6.21 Å². The predicted octanol–water partition coefficient (Wildman–Crippen LogP) is 4.00. The third kappa shape index (κ3) is 2.04. The smallest absolute Gasteiger partial charge is 0.199 e. The lowest BCUT2D eigenvalue weighted by Crippen LogP contribution is -2.27. The van der Waals surface area contributed by atoms with E-state index in [4.69, 9.17) is 40.1 Å². The van der Waals surface area contributed by atoms with Gasteiger partial charge in [0.15, 0.2) is 3.79 Å². The van der Waals surface area contributed by atoms with Crippen LogP contribution in [-0.4, -0.2) is 10.0 Å². The Morgan fingerprint density at radius 2 is 1.94 bits per heavy atom. The number of nitriles is 1. The van der Waals surface area contributed by atoms with Gasteiger partial charge >= 0.3 is 0 Å². The molecule has 1 heterocycles. The van der Waals surface area contributed by atoms with Gasteiger partial charge in [-0.3, -0.25) is 4.99 Å². The molecule has 0 fully saturated rings. The van der Waals surface area contributed by atoms with E-state index in [1.165, 1.54) is 6.21 Å². The molecule has 2 unspecified atom stereocenters. The van der Waals surface area contributed by atoms with Crippen LogP contribution in [0.4, 0.5) is 5.69 Å². The Morgan fingerprint density at radius 1 is 1.25 bits per heavy atom. The Labute approximate surface area is 108 Å². The zero-order valence-electron chi connectivity index (χ0n) is 8.07. The van der Waals surface area contributed by atoms with E-state index in [0.29, 0.717) is 0 Å². The van der Waals surface area contributed by atoms with Gasteiger partial charge < -0.3 is 0 Å². The van der Waals surface area contributed by atoms with E-state index in [9.17, 15) is 0 Å². The first-order chi connectivity index (χ1) is 7.54. The lowest BCUT2D eigenvalue weighted by atomic mass is 9.85. The molecule has 16 heavy (non-hydrogen) atoms. The van der Waals surface area contributed by atoms with Gasteiger partial charge in [-0.1, -0.05) is 53.0 Å². The molecule has 0 aromatic heterocycles. The number of benzene rings is 1. The summed E-state index contributed by atoms with van der Waals surface area (Å²) in [6, 6.07) is 9.48. The fraction of sp³-hybridized carbons (Fsp3) is 0.273. The van der Waals surface area contributed by atoms with Crippen molar-refractivity contribution in [2.24, 2.45) is 10.9 Å². The number of halogens is 3. The second-order valence-electron chi connectivity index (χ2n) is 3.51. The van der Waals surface area contributed by atoms with E-state index < -0.39 is 15.6 Å². The summed E-state index contributed by atoms with van der Waals surface area (Å²) < 4.78 is -1.51. The molecule has 0 saturated carbocycles. The Kier molecular flexibility index (Phi) is 3.12. The normalized spacial score (nSPS) is 23.6. The Hall–Kier alpha value is -0.750. The third-order valence-corrected chi connectivity index (χ3v) is 3.21. The Bertz CT molecular complexity index is 471. The number of nitrogens with zero attached hydrogens (tertiary/aromatic N) is 2. The molecule has 0 aliphatic carbocycles. The summed E-state index contributed by atoms with van der Waals surface area (Å²) in [6.07, 6.45) is 1.54. The third-order valence-electron chi connectivity index (χ3n) is 2.51. The van der Waals surface area contributed by atoms with Crippen molar-refractivity contribution in [3.63, 3.8) is 0 Å². The molecule has 2 atom stereocenters. The number of para-hydroxylation sites is 1. The molecule has 0 radical (unpaired) electrons. The second kappa shape index (κ2) is 4.25. The Morgan fingerprint density at radius 3 is 2.56 bits per heavy atom. The fourth-order valence-electron chi connectivity index (χ4n) is 1.80. The Balaban J connectivity index is 2.56. The highest BCUT2D eigenvalue weighted by Gasteiger charge is 2.42. The van der Waals surface area contributed by atoms with Gasteiger partial charge in [-0.2, -0.15) is 5.26 Å². The van der Waals surface area contributed by atoms with E-state index in [0.717, 1.165) is 11.3 Å². The number of hydrogen-bond acceptors (Lipinski definition) is 2. The van der Waals surface area contributed by atoms with E-state index in [2.05, 4.69) is 11.1 Å². The van der Waals surface area contributed by atoms with Crippen molar-refractivity contribution >= 4 is 46.7 Å². The minimum Gasteiger partial charge on any atom is -0.260 e. The molecule has 0 N–H and O–H groups in total. The summed E-state index contributed by atoms with van der Waals surface area (Å²) in [6.45, 7) is 0. The van der Waals surface area contributed by atoms with Crippen molar-refractivity contribution in [2.45, 2.75) is 9.71 Å². The molecular weight excluding hydrogens is 266 g/mol. The van der Waals surface area contributed by atoms with Crippen LogP contribution in [0.2, 0.25) is 0 Å². The van der Waals surface area contributed by atoms with Crippen LogP contribution in [0.5, 0.6) is 0 Å². The number of alkyl halides is 3. The molecule has 1 aliphatic heterocycles. The summed E-state index contributed by atoms with van der Waals surface area (Å²) >= 11 is 17.8. The van der Waals surface area contributed by atoms with Crippen LogP contribution in [0.3, 0.4) is 0 Å². The molecule has 2 nitrogen and oxygen atoms in total. The van der Waals surface area contributed by atoms with Crippen LogP contribution in [-0.2, 0) is 0 Å². The number of rotatable bonds is 0. The van der Waals surface area contributed by atoms with Gasteiger partial charge in [0.05, 0.1) is 23.6 Å². The maximum absolute atomic E-state index is 9.03. The zero-order valence-corrected chi connectivity index (χ0v) is 10.3. The van der Waals surface area contributed by atoms with Crippen molar-refractivity contribution in [3.8, 4) is 6.07 Å². The van der Waals surface area contributed by atoms with Crippen LogP contribution < -0.4 is 0 Å². The summed E-state index contributed by atoms with van der Waals surface area (Å²) in [5.41, 5.74) is 1.56. The van der Waals surface area contributed by atoms with Crippen molar-refractivity contribution < 1.29 is 0 Å². The van der Waals surface area contributed by atoms with E-state index in [1.54, 1.807) is 0 Å². The zero-order chi connectivity index (χ0) is 11.8. The highest BCUT2D eigenvalue weighted by Crippen LogP contribution is 2.49. The maximum atomic E-state index is 9.03. The molecule has 2 rings (SSSR count). The minimum atomic E-state index is -1.51. The summed E-state index contributed by atoms with van der Waals surface area (Å²) in [7, 11) is 0. The van der Waals surface area contributed by atoms with Gasteiger partial charge in [-0.25, -0.2) is 0 Å². The number of aliphatic imine (C=N–C) groups is 1. The first-order valence-corrected chi connectivity index (χ1v) is 5.77. The van der Waals surface area contributed by atoms with Gasteiger partial charge in [0.1, 0.15) is 0 Å². The molecule has 82 valence electrons. The topological polar surface area (TPSA) is 36.1 Å². The van der Waals surface area contributed by atoms with Gasteiger partial charge in [-0.15, -0.1) is 0 Å². The monoisotopic (exact) mass is 272 g/mol. The molecule has 0 amide bonds. The standard InChI is InChI=1S/C11H7Cl3N2/c12-11(13,14)10-7(5-15)6-16-9-4-2-1-3-8(9)10/h1-4,6-7,10H. The summed E-state index contributed by atoms with van der Waals surface area (Å²) in [5.74, 6) is -0.987. The quantitative estimate of drug-likeness (QED) is 0.658. The van der Waals surface area contributed by atoms with Crippen LogP contribution in [0.25, 0.3) is 0 Å². The second-order valence-corrected chi connectivity index (χ2v) is 5.88. The van der Waals surface area contributed by atoms with Crippen LogP contribution >= 0.6 is 34.8 Å². The average Bonchev–Trinajstić information content (AvgIpc) is 2.26. The van der Waals surface area contributed by atoms with Crippen LogP contribution in [0, 0.1) is 17.2 Å². The first-order valence-electron chi connectivity index (χ1n) is 4.63. The molecule has 1 aromatic rings. The van der Waals surface area contributed by atoms with Crippen molar-refractivity contribution in [1.82, 2.24) is 0 Å². The molecular formula is C11H7Cl3N2. The maximum Gasteiger partial charge on any atom is 0.199 e. The number of hydrogen-bond donors (Lipinski definition) is 0. The lowest BCUT2D eigenvalue weighted by molar-refractivity contribution is 0.641. The van der Waals surface area contributed by atoms with Gasteiger partial charge in [0.25, 0.3) is 0 Å². The molecule has 1 aliphatic rings. The first kappa shape index (κ1) is 11.7. The molecule has 0 saturated heterocycles. The van der Waals surface area contributed by atoms with Crippen LogP contribution in [0.15, 0.2) is 29.3 Å². The van der Waals surface area contributed by atoms with Crippen molar-refractivity contribution in [2.75, 3.05) is 0 Å². The predicted molar refractivity (Wildman–Crippen MR) is 66.7 cm³/mol. The number of fused-ring (bicyclic) bond motifs is 1. The lowest BCUT2D eigenvalue weighted by Gasteiger charge is -2.30. The molecule has 0 spiro atoms. The highest BCUT2D eigenvalue weighted by atomic mass is 35.6. The summed E-state index contributed by atoms with van der Waals surface area (Å²) in [5, 5.41) is 9.03. The minimum absolute atomic E-state index is 0.476. The van der Waals surface area contributed by atoms with E-state index in [1.807, 2.05) is 24.3 Å². The van der Waals surface area contributed by atoms with E-state index in [-0.39, 0.29) is 0 Å². The molecule has 0 bridgehead atoms. The van der Waals surface area contributed by atoms with E-state index >= 15 is 0 Å². The summed E-state index contributed by atoms with van der Waals surface area (Å²) in [4.78, 5) is 4.19. The highest BCUT2D eigenvalue weighted by molar-refractivity contribution is 6.68. The van der Waals surface area contributed by atoms with Crippen molar-refractivity contribution in [3.05, 3.63) is 29.8 Å². The molecule has 1 aromatic carbocycles. The van der Waals surface area contributed by atoms with Gasteiger partial charge in [-0.05, 0) is 11.6 Å². The largest absolute Gasteiger partial charge is 0.260 e.